The number of anilines is 3. The average Bonchev–Trinajstić information content (AvgIpc) is 3.49. The number of aromatic nitrogens is 7. The van der Waals surface area contributed by atoms with Crippen LogP contribution in [0, 0.1) is 0 Å². The molecule has 6 rings (SSSR count). The van der Waals surface area contributed by atoms with Gasteiger partial charge in [0.1, 0.15) is 12.1 Å². The third-order valence-electron chi connectivity index (χ3n) is 5.67. The van der Waals surface area contributed by atoms with Gasteiger partial charge in [-0.25, -0.2) is 19.9 Å². The fourth-order valence-corrected chi connectivity index (χ4v) is 3.91. The van der Waals surface area contributed by atoms with Crippen LogP contribution in [0.3, 0.4) is 0 Å². The van der Waals surface area contributed by atoms with E-state index >= 15 is 0 Å². The van der Waals surface area contributed by atoms with Crippen molar-refractivity contribution < 1.29 is 4.74 Å². The Kier molecular flexibility index (Phi) is 5.80. The number of imidazole rings is 1. The first-order valence-corrected chi connectivity index (χ1v) is 11.5. The van der Waals surface area contributed by atoms with Crippen molar-refractivity contribution in [3.05, 3.63) is 97.8 Å². The Morgan fingerprint density at radius 2 is 1.68 bits per heavy atom. The number of nitrogens with zero attached hydrogens (tertiary/aromatic N) is 7. The van der Waals surface area contributed by atoms with Crippen LogP contribution in [0.4, 0.5) is 17.5 Å². The van der Waals surface area contributed by atoms with E-state index in [1.807, 2.05) is 77.5 Å². The summed E-state index contributed by atoms with van der Waals surface area (Å²) in [6.07, 6.45) is 8.65. The molecule has 0 atom stereocenters. The predicted molar refractivity (Wildman–Crippen MR) is 141 cm³/mol. The van der Waals surface area contributed by atoms with Crippen molar-refractivity contribution in [3.8, 4) is 28.7 Å². The van der Waals surface area contributed by atoms with E-state index in [1.165, 1.54) is 0 Å². The van der Waals surface area contributed by atoms with Gasteiger partial charge in [0.15, 0.2) is 11.6 Å². The Hall–Kier alpha value is -5.38. The van der Waals surface area contributed by atoms with E-state index < -0.39 is 0 Å². The lowest BCUT2D eigenvalue weighted by Gasteiger charge is -2.12. The van der Waals surface area contributed by atoms with Crippen LogP contribution >= 0.6 is 0 Å². The molecule has 0 saturated carbocycles. The first-order chi connectivity index (χ1) is 18.3. The zero-order chi connectivity index (χ0) is 25.0. The molecule has 6 aromatic rings. The molecule has 0 amide bonds. The molecule has 0 spiro atoms. The van der Waals surface area contributed by atoms with Gasteiger partial charge in [-0.05, 0) is 42.5 Å². The molecule has 4 aromatic heterocycles. The highest BCUT2D eigenvalue weighted by molar-refractivity contribution is 5.97. The SMILES string of the molecule is CNc1nccc(-c2cccnc2Oc2ccc(Nc3nnc(-n4ccnc4)c4ccccc34)cc2)n1. The van der Waals surface area contributed by atoms with Gasteiger partial charge in [0.2, 0.25) is 11.8 Å². The largest absolute Gasteiger partial charge is 0.438 e. The van der Waals surface area contributed by atoms with Crippen molar-refractivity contribution in [2.45, 2.75) is 0 Å². The van der Waals surface area contributed by atoms with Gasteiger partial charge in [0.05, 0.1) is 11.3 Å². The zero-order valence-electron chi connectivity index (χ0n) is 19.8. The van der Waals surface area contributed by atoms with E-state index in [-0.39, 0.29) is 0 Å². The predicted octanol–water partition coefficient (Wildman–Crippen LogP) is 5.25. The van der Waals surface area contributed by atoms with Crippen molar-refractivity contribution in [3.63, 3.8) is 0 Å². The Morgan fingerprint density at radius 1 is 0.811 bits per heavy atom. The molecule has 0 aliphatic heterocycles. The molecule has 0 unspecified atom stereocenters. The lowest BCUT2D eigenvalue weighted by molar-refractivity contribution is 0.465. The van der Waals surface area contributed by atoms with Crippen LogP contribution in [0.25, 0.3) is 27.8 Å². The standard InChI is InChI=1S/C27H21N9O/c1-28-27-31-14-12-23(33-27)22-7-4-13-30-26(22)37-19-10-8-18(9-11-19)32-24-20-5-2-3-6-21(20)25(35-34-24)36-16-15-29-17-36/h2-17H,1H3,(H,32,34)(H,28,31,33). The molecular formula is C27H21N9O. The van der Waals surface area contributed by atoms with Crippen LogP contribution in [0.15, 0.2) is 97.8 Å². The molecule has 10 heteroatoms. The lowest BCUT2D eigenvalue weighted by atomic mass is 10.1. The first kappa shape index (κ1) is 22.1. The summed E-state index contributed by atoms with van der Waals surface area (Å²) in [5, 5.41) is 17.1. The maximum atomic E-state index is 6.11. The minimum absolute atomic E-state index is 0.455. The topological polar surface area (TPSA) is 116 Å². The first-order valence-electron chi connectivity index (χ1n) is 11.5. The van der Waals surface area contributed by atoms with Crippen molar-refractivity contribution in [2.75, 3.05) is 17.7 Å². The Bertz CT molecular complexity index is 1670. The second-order valence-corrected chi connectivity index (χ2v) is 8.01. The lowest BCUT2D eigenvalue weighted by Crippen LogP contribution is -2.03. The number of hydrogen-bond donors (Lipinski definition) is 2. The highest BCUT2D eigenvalue weighted by Gasteiger charge is 2.13. The second-order valence-electron chi connectivity index (χ2n) is 8.01. The minimum atomic E-state index is 0.455. The monoisotopic (exact) mass is 487 g/mol. The van der Waals surface area contributed by atoms with E-state index in [0.29, 0.717) is 29.1 Å². The van der Waals surface area contributed by atoms with E-state index in [9.17, 15) is 0 Å². The van der Waals surface area contributed by atoms with Gasteiger partial charge in [0, 0.05) is 48.3 Å². The number of fused-ring (bicyclic) bond motifs is 1. The average molecular weight is 488 g/mol. The van der Waals surface area contributed by atoms with Gasteiger partial charge >= 0.3 is 0 Å². The summed E-state index contributed by atoms with van der Waals surface area (Å²) in [5.41, 5.74) is 2.33. The number of hydrogen-bond acceptors (Lipinski definition) is 9. The van der Waals surface area contributed by atoms with E-state index in [2.05, 4.69) is 40.8 Å². The Balaban J connectivity index is 1.25. The molecule has 0 fully saturated rings. The molecule has 0 aliphatic rings. The summed E-state index contributed by atoms with van der Waals surface area (Å²) >= 11 is 0. The second kappa shape index (κ2) is 9.70. The number of ether oxygens (including phenoxy) is 1. The van der Waals surface area contributed by atoms with Crippen LogP contribution < -0.4 is 15.4 Å². The summed E-state index contributed by atoms with van der Waals surface area (Å²) in [5.74, 6) is 3.00. The van der Waals surface area contributed by atoms with Crippen LogP contribution in [0.5, 0.6) is 11.6 Å². The molecule has 0 radical (unpaired) electrons. The molecule has 0 aliphatic carbocycles. The summed E-state index contributed by atoms with van der Waals surface area (Å²) < 4.78 is 7.96. The molecule has 180 valence electrons. The maximum absolute atomic E-state index is 6.11. The van der Waals surface area contributed by atoms with Gasteiger partial charge in [-0.1, -0.05) is 24.3 Å². The van der Waals surface area contributed by atoms with E-state index in [0.717, 1.165) is 27.8 Å². The van der Waals surface area contributed by atoms with Crippen LogP contribution in [-0.2, 0) is 0 Å². The van der Waals surface area contributed by atoms with Crippen LogP contribution in [0.2, 0.25) is 0 Å². The highest BCUT2D eigenvalue weighted by atomic mass is 16.5. The molecule has 10 nitrogen and oxygen atoms in total. The molecular weight excluding hydrogens is 466 g/mol. The maximum Gasteiger partial charge on any atom is 0.228 e. The molecule has 4 heterocycles. The summed E-state index contributed by atoms with van der Waals surface area (Å²) in [6.45, 7) is 0. The van der Waals surface area contributed by atoms with Gasteiger partial charge in [-0.3, -0.25) is 4.57 Å². The summed E-state index contributed by atoms with van der Waals surface area (Å²) in [4.78, 5) is 17.2. The van der Waals surface area contributed by atoms with E-state index in [1.54, 1.807) is 32.0 Å². The number of nitrogens with one attached hydrogen (secondary N) is 2. The van der Waals surface area contributed by atoms with Gasteiger partial charge in [-0.15, -0.1) is 10.2 Å². The Labute approximate surface area is 212 Å². The van der Waals surface area contributed by atoms with Gasteiger partial charge < -0.3 is 15.4 Å². The van der Waals surface area contributed by atoms with Gasteiger partial charge in [-0.2, -0.15) is 0 Å². The number of benzene rings is 2. The minimum Gasteiger partial charge on any atom is -0.438 e. The third-order valence-corrected chi connectivity index (χ3v) is 5.67. The fourth-order valence-electron chi connectivity index (χ4n) is 3.91. The number of pyridine rings is 1. The van der Waals surface area contributed by atoms with Crippen molar-refractivity contribution in [1.29, 1.82) is 0 Å². The van der Waals surface area contributed by atoms with Crippen molar-refractivity contribution >= 4 is 28.2 Å². The Morgan fingerprint density at radius 3 is 2.49 bits per heavy atom. The molecule has 0 bridgehead atoms. The summed E-state index contributed by atoms with van der Waals surface area (Å²) in [7, 11) is 1.78. The fraction of sp³-hybridized carbons (Fsp3) is 0.0370. The number of rotatable bonds is 7. The van der Waals surface area contributed by atoms with Crippen molar-refractivity contribution in [1.82, 2.24) is 34.7 Å². The van der Waals surface area contributed by atoms with E-state index in [4.69, 9.17) is 4.74 Å². The zero-order valence-corrected chi connectivity index (χ0v) is 19.8. The normalized spacial score (nSPS) is 10.8. The molecule has 37 heavy (non-hydrogen) atoms. The molecule has 0 saturated heterocycles. The smallest absolute Gasteiger partial charge is 0.228 e. The summed E-state index contributed by atoms with van der Waals surface area (Å²) in [6, 6.07) is 21.1. The highest BCUT2D eigenvalue weighted by Crippen LogP contribution is 2.32. The molecule has 2 aromatic carbocycles. The third kappa shape index (κ3) is 4.50. The van der Waals surface area contributed by atoms with Gasteiger partial charge in [0.25, 0.3) is 0 Å². The van der Waals surface area contributed by atoms with Crippen LogP contribution in [0.1, 0.15) is 0 Å². The quantitative estimate of drug-likeness (QED) is 0.312. The molecule has 2 N–H and O–H groups in total. The van der Waals surface area contributed by atoms with Crippen molar-refractivity contribution in [2.24, 2.45) is 0 Å². The van der Waals surface area contributed by atoms with Crippen LogP contribution in [-0.4, -0.2) is 41.7 Å².